The van der Waals surface area contributed by atoms with E-state index in [1.807, 2.05) is 7.05 Å². The van der Waals surface area contributed by atoms with Gasteiger partial charge in [0.25, 0.3) is 0 Å². The molecule has 0 aliphatic carbocycles. The predicted octanol–water partition coefficient (Wildman–Crippen LogP) is 3.23. The van der Waals surface area contributed by atoms with Crippen molar-refractivity contribution in [1.82, 2.24) is 5.32 Å². The Morgan fingerprint density at radius 2 is 1.43 bits per heavy atom. The van der Waals surface area contributed by atoms with E-state index >= 15 is 0 Å². The van der Waals surface area contributed by atoms with Gasteiger partial charge in [-0.25, -0.2) is 8.78 Å². The smallest absolute Gasteiger partial charge is 0.123 e. The van der Waals surface area contributed by atoms with Gasteiger partial charge in [0.05, 0.1) is 0 Å². The van der Waals surface area contributed by atoms with Gasteiger partial charge in [0, 0.05) is 25.3 Å². The van der Waals surface area contributed by atoms with Gasteiger partial charge in [-0.1, -0.05) is 12.1 Å². The van der Waals surface area contributed by atoms with Crippen LogP contribution in [0.25, 0.3) is 0 Å². The molecule has 0 unspecified atom stereocenters. The molecule has 4 heteroatoms. The summed E-state index contributed by atoms with van der Waals surface area (Å²) < 4.78 is 25.9. The van der Waals surface area contributed by atoms with Gasteiger partial charge in [0.2, 0.25) is 0 Å². The summed E-state index contributed by atoms with van der Waals surface area (Å²) in [6, 6.07) is 13.1. The second-order valence-electron chi connectivity index (χ2n) is 4.94. The Balaban J connectivity index is 2.02. The molecule has 2 rings (SSSR count). The summed E-state index contributed by atoms with van der Waals surface area (Å²) in [6.45, 7) is 2.49. The van der Waals surface area contributed by atoms with Crippen LogP contribution >= 0.6 is 0 Å². The fourth-order valence-corrected chi connectivity index (χ4v) is 2.18. The second kappa shape index (κ2) is 7.74. The Hall–Kier alpha value is -1.94. The highest BCUT2D eigenvalue weighted by Crippen LogP contribution is 2.15. The summed E-state index contributed by atoms with van der Waals surface area (Å²) in [5, 5.41) is 3.12. The van der Waals surface area contributed by atoms with Gasteiger partial charge in [-0.15, -0.1) is 0 Å². The molecule has 0 amide bonds. The Kier molecular flexibility index (Phi) is 5.69. The molecule has 0 saturated carbocycles. The lowest BCUT2D eigenvalue weighted by Gasteiger charge is -2.25. The van der Waals surface area contributed by atoms with Crippen molar-refractivity contribution in [2.45, 2.75) is 6.42 Å². The molecule has 2 nitrogen and oxygen atoms in total. The molecule has 0 spiro atoms. The van der Waals surface area contributed by atoms with E-state index in [4.69, 9.17) is 0 Å². The third-order valence-corrected chi connectivity index (χ3v) is 3.41. The third kappa shape index (κ3) is 4.83. The first kappa shape index (κ1) is 15.4. The fourth-order valence-electron chi connectivity index (χ4n) is 2.18. The SMILES string of the molecule is CNCCN(CCc1ccc(F)cc1)c1ccc(F)cc1. The molecule has 0 fully saturated rings. The van der Waals surface area contributed by atoms with Crippen molar-refractivity contribution in [2.75, 3.05) is 31.6 Å². The molecule has 0 aliphatic heterocycles. The molecule has 0 radical (unpaired) electrons. The number of rotatable bonds is 7. The number of likely N-dealkylation sites (N-methyl/N-ethyl adjacent to an activating group) is 1. The van der Waals surface area contributed by atoms with Gasteiger partial charge in [-0.2, -0.15) is 0 Å². The second-order valence-corrected chi connectivity index (χ2v) is 4.94. The number of anilines is 1. The van der Waals surface area contributed by atoms with Crippen molar-refractivity contribution >= 4 is 5.69 Å². The van der Waals surface area contributed by atoms with Crippen molar-refractivity contribution in [3.63, 3.8) is 0 Å². The minimum atomic E-state index is -0.231. The standard InChI is InChI=1S/C17H20F2N2/c1-20-11-13-21(17-8-6-16(19)7-9-17)12-10-14-2-4-15(18)5-3-14/h2-9,20H,10-13H2,1H3. The van der Waals surface area contributed by atoms with Crippen LogP contribution in [0.3, 0.4) is 0 Å². The van der Waals surface area contributed by atoms with E-state index in [1.165, 1.54) is 24.3 Å². The van der Waals surface area contributed by atoms with Gasteiger partial charge < -0.3 is 10.2 Å². The Labute approximate surface area is 124 Å². The predicted molar refractivity (Wildman–Crippen MR) is 82.6 cm³/mol. The number of nitrogens with one attached hydrogen (secondary N) is 1. The normalized spacial score (nSPS) is 10.6. The lowest BCUT2D eigenvalue weighted by Crippen LogP contribution is -2.32. The number of hydrogen-bond acceptors (Lipinski definition) is 2. The maximum atomic E-state index is 13.0. The van der Waals surface area contributed by atoms with Crippen LogP contribution in [0.2, 0.25) is 0 Å². The zero-order chi connectivity index (χ0) is 15.1. The lowest BCUT2D eigenvalue weighted by atomic mass is 10.1. The van der Waals surface area contributed by atoms with Gasteiger partial charge >= 0.3 is 0 Å². The molecular formula is C17H20F2N2. The molecule has 2 aromatic rings. The van der Waals surface area contributed by atoms with E-state index in [9.17, 15) is 8.78 Å². The largest absolute Gasteiger partial charge is 0.370 e. The van der Waals surface area contributed by atoms with Crippen molar-refractivity contribution in [3.05, 3.63) is 65.7 Å². The molecule has 0 saturated heterocycles. The van der Waals surface area contributed by atoms with E-state index in [2.05, 4.69) is 10.2 Å². The fraction of sp³-hybridized carbons (Fsp3) is 0.294. The first-order valence-corrected chi connectivity index (χ1v) is 7.08. The molecule has 112 valence electrons. The molecule has 1 N–H and O–H groups in total. The highest BCUT2D eigenvalue weighted by atomic mass is 19.1. The summed E-state index contributed by atoms with van der Waals surface area (Å²) >= 11 is 0. The van der Waals surface area contributed by atoms with Crippen LogP contribution in [0.5, 0.6) is 0 Å². The van der Waals surface area contributed by atoms with E-state index in [0.29, 0.717) is 0 Å². The monoisotopic (exact) mass is 290 g/mol. The maximum absolute atomic E-state index is 13.0. The third-order valence-electron chi connectivity index (χ3n) is 3.41. The van der Waals surface area contributed by atoms with Gasteiger partial charge in [0.1, 0.15) is 11.6 Å². The molecule has 0 aromatic heterocycles. The first-order valence-electron chi connectivity index (χ1n) is 7.08. The quantitative estimate of drug-likeness (QED) is 0.842. The van der Waals surface area contributed by atoms with Crippen LogP contribution in [-0.2, 0) is 6.42 Å². The van der Waals surface area contributed by atoms with Crippen LogP contribution in [0.4, 0.5) is 14.5 Å². The number of hydrogen-bond donors (Lipinski definition) is 1. The van der Waals surface area contributed by atoms with Crippen molar-refractivity contribution in [1.29, 1.82) is 0 Å². The Morgan fingerprint density at radius 1 is 0.857 bits per heavy atom. The minimum absolute atomic E-state index is 0.218. The van der Waals surface area contributed by atoms with Gasteiger partial charge in [0.15, 0.2) is 0 Å². The number of benzene rings is 2. The molecule has 0 atom stereocenters. The zero-order valence-electron chi connectivity index (χ0n) is 12.2. The van der Waals surface area contributed by atoms with E-state index in [-0.39, 0.29) is 11.6 Å². The molecule has 0 heterocycles. The van der Waals surface area contributed by atoms with Crippen LogP contribution in [0, 0.1) is 11.6 Å². The maximum Gasteiger partial charge on any atom is 0.123 e. The Morgan fingerprint density at radius 3 is 2.00 bits per heavy atom. The zero-order valence-corrected chi connectivity index (χ0v) is 12.2. The topological polar surface area (TPSA) is 15.3 Å². The highest BCUT2D eigenvalue weighted by Gasteiger charge is 2.06. The van der Waals surface area contributed by atoms with Gasteiger partial charge in [-0.3, -0.25) is 0 Å². The molecule has 21 heavy (non-hydrogen) atoms. The number of halogens is 2. The molecule has 2 aromatic carbocycles. The van der Waals surface area contributed by atoms with Crippen LogP contribution in [-0.4, -0.2) is 26.7 Å². The minimum Gasteiger partial charge on any atom is -0.370 e. The summed E-state index contributed by atoms with van der Waals surface area (Å²) in [5.41, 5.74) is 2.08. The molecule has 0 aliphatic rings. The summed E-state index contributed by atoms with van der Waals surface area (Å²) in [6.07, 6.45) is 0.821. The molecular weight excluding hydrogens is 270 g/mol. The van der Waals surface area contributed by atoms with Crippen molar-refractivity contribution < 1.29 is 8.78 Å². The summed E-state index contributed by atoms with van der Waals surface area (Å²) in [4.78, 5) is 2.19. The number of nitrogens with zero attached hydrogens (tertiary/aromatic N) is 1. The summed E-state index contributed by atoms with van der Waals surface area (Å²) in [7, 11) is 1.91. The Bertz CT molecular complexity index is 538. The highest BCUT2D eigenvalue weighted by molar-refractivity contribution is 5.46. The molecule has 0 bridgehead atoms. The average molecular weight is 290 g/mol. The van der Waals surface area contributed by atoms with E-state index in [1.54, 1.807) is 24.3 Å². The van der Waals surface area contributed by atoms with Crippen LogP contribution < -0.4 is 10.2 Å². The first-order chi connectivity index (χ1) is 10.2. The lowest BCUT2D eigenvalue weighted by molar-refractivity contribution is 0.626. The van der Waals surface area contributed by atoms with Crippen molar-refractivity contribution in [2.24, 2.45) is 0 Å². The summed E-state index contributed by atoms with van der Waals surface area (Å²) in [5.74, 6) is -0.449. The van der Waals surface area contributed by atoms with Gasteiger partial charge in [-0.05, 0) is 55.4 Å². The van der Waals surface area contributed by atoms with Crippen LogP contribution in [0.1, 0.15) is 5.56 Å². The van der Waals surface area contributed by atoms with Crippen LogP contribution in [0.15, 0.2) is 48.5 Å². The van der Waals surface area contributed by atoms with E-state index in [0.717, 1.165) is 37.3 Å². The average Bonchev–Trinajstić information content (AvgIpc) is 2.50. The van der Waals surface area contributed by atoms with Crippen molar-refractivity contribution in [3.8, 4) is 0 Å². The van der Waals surface area contributed by atoms with E-state index < -0.39 is 0 Å².